The van der Waals surface area contributed by atoms with Gasteiger partial charge in [-0.2, -0.15) is 0 Å². The number of carboxylic acid groups (broad SMARTS) is 1. The van der Waals surface area contributed by atoms with E-state index in [0.717, 1.165) is 37.2 Å². The number of nitrogens with zero attached hydrogens (tertiary/aromatic N) is 5. The van der Waals surface area contributed by atoms with E-state index in [9.17, 15) is 14.3 Å². The molecule has 0 aliphatic carbocycles. The average Bonchev–Trinajstić information content (AvgIpc) is 3.80. The number of ether oxygens (including phenoxy) is 8. The fourth-order valence-corrected chi connectivity index (χ4v) is 10.0. The number of hydrogen-bond donors (Lipinski definition) is 1. The number of benzene rings is 3. The van der Waals surface area contributed by atoms with Gasteiger partial charge in [-0.1, -0.05) is 48.5 Å². The Morgan fingerprint density at radius 1 is 0.945 bits per heavy atom. The molecule has 6 heterocycles. The predicted octanol–water partition coefficient (Wildman–Crippen LogP) is 10.5. The van der Waals surface area contributed by atoms with E-state index in [1.807, 2.05) is 43.3 Å². The maximum atomic E-state index is 14.4. The van der Waals surface area contributed by atoms with Gasteiger partial charge in [-0.05, 0) is 117 Å². The molecule has 1 N–H and O–H groups in total. The maximum absolute atomic E-state index is 14.4. The Bertz CT molecular complexity index is 2890. The number of likely N-dealkylation sites (tertiary alicyclic amines) is 1. The van der Waals surface area contributed by atoms with Crippen molar-refractivity contribution in [1.29, 1.82) is 0 Å². The van der Waals surface area contributed by atoms with Crippen LogP contribution in [0.1, 0.15) is 36.9 Å². The Morgan fingerprint density at radius 3 is 2.49 bits per heavy atom. The standard InChI is InChI=1S/C55H59ClFN5O10S/c1-5-40-14-15-41(69-32-39-18-22-58-52(61-39)44-8-6-7-9-45(44)66-4)30-47(55(63)64)72-53-49-48(51(73-54(49)60-34-59-53)37-10-12-38(57)13-11-37)43-16-17-46(50(56)35(43)2)71-42(33-70-40)31-62-23-19-36(20-24-62)21-25-67-28-29-68-27-26-65-3/h5-18,22,34,36,42,47H,1,19-21,23-33H2,2-4H3,(H,63,64)/b40-14+,41-15+/t42-,47-/m1/s1. The Morgan fingerprint density at radius 2 is 1.73 bits per heavy atom. The maximum Gasteiger partial charge on any atom is 0.345 e. The normalized spacial score (nSPS) is 18.3. The molecular formula is C55H59ClFN5O10S. The summed E-state index contributed by atoms with van der Waals surface area (Å²) < 4.78 is 62.4. The third kappa shape index (κ3) is 13.8. The average molecular weight is 1040 g/mol. The number of hydrogen-bond acceptors (Lipinski definition) is 15. The van der Waals surface area contributed by atoms with Crippen LogP contribution in [0.25, 0.3) is 43.2 Å². The lowest BCUT2D eigenvalue weighted by atomic mass is 9.94. The fourth-order valence-electron chi connectivity index (χ4n) is 8.66. The molecular weight excluding hydrogens is 977 g/mol. The van der Waals surface area contributed by atoms with Crippen molar-refractivity contribution in [2.24, 2.45) is 5.92 Å². The van der Waals surface area contributed by atoms with E-state index in [1.165, 1.54) is 29.8 Å². The minimum absolute atomic E-state index is 0.0240. The van der Waals surface area contributed by atoms with Crippen molar-refractivity contribution in [3.63, 3.8) is 0 Å². The van der Waals surface area contributed by atoms with E-state index in [4.69, 9.17) is 54.5 Å². The van der Waals surface area contributed by atoms with E-state index in [0.29, 0.717) is 117 Å². The van der Waals surface area contributed by atoms with Crippen molar-refractivity contribution < 1.29 is 52.2 Å². The van der Waals surface area contributed by atoms with Crippen molar-refractivity contribution >= 4 is 39.1 Å². The van der Waals surface area contributed by atoms with Crippen LogP contribution in [0, 0.1) is 18.7 Å². The zero-order chi connectivity index (χ0) is 51.1. The van der Waals surface area contributed by atoms with Gasteiger partial charge in [-0.3, -0.25) is 4.90 Å². The fraction of sp³-hybridized carbons (Fsp3) is 0.364. The smallest absolute Gasteiger partial charge is 0.345 e. The quantitative estimate of drug-likeness (QED) is 0.0761. The number of aliphatic carboxylic acids is 1. The molecule has 384 valence electrons. The molecule has 0 unspecified atom stereocenters. The van der Waals surface area contributed by atoms with Crippen LogP contribution in [-0.4, -0.2) is 122 Å². The summed E-state index contributed by atoms with van der Waals surface area (Å²) in [7, 11) is 3.23. The van der Waals surface area contributed by atoms with E-state index in [2.05, 4.69) is 26.4 Å². The molecule has 0 amide bonds. The first-order chi connectivity index (χ1) is 35.6. The number of fused-ring (bicyclic) bond motifs is 10. The number of thiophene rings is 1. The van der Waals surface area contributed by atoms with Crippen molar-refractivity contribution in [3.05, 3.63) is 138 Å². The molecule has 1 saturated heterocycles. The van der Waals surface area contributed by atoms with E-state index >= 15 is 0 Å². The highest BCUT2D eigenvalue weighted by molar-refractivity contribution is 7.22. The Kier molecular flexibility index (Phi) is 18.8. The first kappa shape index (κ1) is 52.8. The van der Waals surface area contributed by atoms with Gasteiger partial charge in [0.15, 0.2) is 5.82 Å². The molecule has 2 atom stereocenters. The molecule has 3 aliphatic rings. The molecule has 15 nitrogen and oxygen atoms in total. The lowest BCUT2D eigenvalue weighted by Gasteiger charge is -2.34. The van der Waals surface area contributed by atoms with Gasteiger partial charge in [0, 0.05) is 36.9 Å². The number of para-hydroxylation sites is 1. The molecule has 0 spiro atoms. The first-order valence-corrected chi connectivity index (χ1v) is 25.3. The summed E-state index contributed by atoms with van der Waals surface area (Å²) >= 11 is 8.64. The molecule has 0 saturated carbocycles. The van der Waals surface area contributed by atoms with Gasteiger partial charge in [0.05, 0.1) is 61.6 Å². The molecule has 3 aliphatic heterocycles. The summed E-state index contributed by atoms with van der Waals surface area (Å²) in [4.78, 5) is 35.3. The number of methoxy groups -OCH3 is 2. The van der Waals surface area contributed by atoms with Gasteiger partial charge in [0.1, 0.15) is 59.3 Å². The number of carbonyl (C=O) groups is 1. The summed E-state index contributed by atoms with van der Waals surface area (Å²) in [6, 6.07) is 19.0. The molecule has 3 aromatic carbocycles. The van der Waals surface area contributed by atoms with Crippen LogP contribution in [0.4, 0.5) is 4.39 Å². The molecule has 2 bridgehead atoms. The van der Waals surface area contributed by atoms with Gasteiger partial charge in [-0.25, -0.2) is 29.1 Å². The summed E-state index contributed by atoms with van der Waals surface area (Å²) in [6.45, 7) is 11.2. The highest BCUT2D eigenvalue weighted by Crippen LogP contribution is 2.49. The third-order valence-electron chi connectivity index (χ3n) is 12.6. The van der Waals surface area contributed by atoms with E-state index < -0.39 is 24.0 Å². The molecule has 1 fully saturated rings. The summed E-state index contributed by atoms with van der Waals surface area (Å²) in [5.41, 5.74) is 3.95. The van der Waals surface area contributed by atoms with Gasteiger partial charge in [0.25, 0.3) is 0 Å². The number of rotatable bonds is 19. The highest BCUT2D eigenvalue weighted by atomic mass is 35.5. The summed E-state index contributed by atoms with van der Waals surface area (Å²) in [5, 5.41) is 11.7. The van der Waals surface area contributed by atoms with Gasteiger partial charge in [-0.15, -0.1) is 11.3 Å². The molecule has 3 aromatic heterocycles. The van der Waals surface area contributed by atoms with Crippen LogP contribution in [-0.2, 0) is 35.1 Å². The van der Waals surface area contributed by atoms with Gasteiger partial charge < -0.3 is 43.0 Å². The van der Waals surface area contributed by atoms with Crippen LogP contribution in [0.15, 0.2) is 116 Å². The van der Waals surface area contributed by atoms with Crippen LogP contribution in [0.2, 0.25) is 5.02 Å². The van der Waals surface area contributed by atoms with E-state index in [-0.39, 0.29) is 31.3 Å². The largest absolute Gasteiger partial charge is 0.496 e. The van der Waals surface area contributed by atoms with Crippen LogP contribution < -0.4 is 14.2 Å². The zero-order valence-electron chi connectivity index (χ0n) is 41.1. The van der Waals surface area contributed by atoms with Crippen LogP contribution in [0.5, 0.6) is 17.4 Å². The number of aromatic nitrogens is 4. The van der Waals surface area contributed by atoms with Crippen molar-refractivity contribution in [2.75, 3.05) is 73.5 Å². The number of allylic oxidation sites excluding steroid dienone is 3. The topological polar surface area (TPSA) is 166 Å². The van der Waals surface area contributed by atoms with Crippen molar-refractivity contribution in [1.82, 2.24) is 24.8 Å². The van der Waals surface area contributed by atoms with E-state index in [1.54, 1.807) is 56.8 Å². The Balaban J connectivity index is 1.12. The second kappa shape index (κ2) is 26.0. The Labute approximate surface area is 433 Å². The molecule has 18 heteroatoms. The molecule has 0 radical (unpaired) electrons. The second-order valence-corrected chi connectivity index (χ2v) is 18.8. The zero-order valence-corrected chi connectivity index (χ0v) is 42.7. The van der Waals surface area contributed by atoms with Crippen LogP contribution in [0.3, 0.4) is 0 Å². The SMILES string of the molecule is C=C/C1=C\C=C(\OCc2ccnc(-c3ccccc3OC)n2)C[C@H](C(=O)O)Oc2ncnc3sc(-c4ccc(F)cc4)c(c23)-c2ccc(c(Cl)c2C)O[C@H](CN2CCC(CCOCCOCCOC)CC2)CO1. The number of halogens is 2. The minimum atomic E-state index is -1.51. The summed E-state index contributed by atoms with van der Waals surface area (Å²) in [5.74, 6) is 1.01. The third-order valence-corrected chi connectivity index (χ3v) is 14.2. The number of carboxylic acids is 1. The second-order valence-electron chi connectivity index (χ2n) is 17.4. The molecule has 6 aromatic rings. The highest BCUT2D eigenvalue weighted by Gasteiger charge is 2.30. The van der Waals surface area contributed by atoms with Gasteiger partial charge in [0.2, 0.25) is 12.0 Å². The van der Waals surface area contributed by atoms with Gasteiger partial charge >= 0.3 is 5.97 Å². The van der Waals surface area contributed by atoms with Crippen molar-refractivity contribution in [3.8, 4) is 50.3 Å². The predicted molar refractivity (Wildman–Crippen MR) is 277 cm³/mol. The number of piperidine rings is 1. The lowest BCUT2D eigenvalue weighted by molar-refractivity contribution is -0.145. The monoisotopic (exact) mass is 1040 g/mol. The van der Waals surface area contributed by atoms with Crippen molar-refractivity contribution in [2.45, 2.75) is 51.4 Å². The molecule has 73 heavy (non-hydrogen) atoms. The Hall–Kier alpha value is -6.47. The minimum Gasteiger partial charge on any atom is -0.496 e. The first-order valence-electron chi connectivity index (χ1n) is 24.1. The summed E-state index contributed by atoms with van der Waals surface area (Å²) in [6.07, 6.45) is 8.58. The molecule has 9 rings (SSSR count). The lowest BCUT2D eigenvalue weighted by Crippen LogP contribution is -2.42. The van der Waals surface area contributed by atoms with Crippen LogP contribution >= 0.6 is 22.9 Å².